The zero-order valence-electron chi connectivity index (χ0n) is 8.70. The largest absolute Gasteiger partial charge is 0.0616 e. The molecule has 0 atom stereocenters. The molecule has 0 N–H and O–H groups in total. The molecule has 0 saturated carbocycles. The van der Waals surface area contributed by atoms with Gasteiger partial charge < -0.3 is 0 Å². The number of hydrogen-bond donors (Lipinski definition) is 0. The van der Waals surface area contributed by atoms with Gasteiger partial charge in [0, 0.05) is 0 Å². The highest BCUT2D eigenvalue weighted by Crippen LogP contribution is 2.37. The summed E-state index contributed by atoms with van der Waals surface area (Å²) in [5.74, 6) is 0. The molecule has 4 bridgehead atoms. The average Bonchev–Trinajstić information content (AvgIpc) is 2.58. The molecule has 0 heterocycles. The Labute approximate surface area is 94.2 Å². The zero-order valence-corrected chi connectivity index (χ0v) is 8.70. The molecule has 0 unspecified atom stereocenters. The summed E-state index contributed by atoms with van der Waals surface area (Å²) in [7, 11) is 0. The highest BCUT2D eigenvalue weighted by Gasteiger charge is 2.12. The number of benzene rings is 3. The molecule has 2 aliphatic carbocycles. The van der Waals surface area contributed by atoms with Crippen LogP contribution in [0, 0.1) is 6.07 Å². The fourth-order valence-corrected chi connectivity index (χ4v) is 2.44. The van der Waals surface area contributed by atoms with Crippen LogP contribution in [0.1, 0.15) is 0 Å². The van der Waals surface area contributed by atoms with Crippen molar-refractivity contribution in [2.24, 2.45) is 0 Å². The third-order valence-electron chi connectivity index (χ3n) is 3.27. The summed E-state index contributed by atoms with van der Waals surface area (Å²) < 4.78 is 0. The minimum Gasteiger partial charge on any atom is -0.0616 e. The monoisotopic (exact) mass is 201 g/mol. The summed E-state index contributed by atoms with van der Waals surface area (Å²) >= 11 is 0. The first-order chi connectivity index (χ1) is 7.92. The molecule has 0 aliphatic heterocycles. The van der Waals surface area contributed by atoms with Gasteiger partial charge in [-0.25, -0.2) is 0 Å². The van der Waals surface area contributed by atoms with Crippen LogP contribution in [0.4, 0.5) is 0 Å². The standard InChI is InChI=1S/C16H9/c1-2-4-15-13(3-1)9-14-10-16(15)12-7-5-11(14)6-8-12/h1-9H. The molecule has 0 fully saturated rings. The lowest BCUT2D eigenvalue weighted by molar-refractivity contribution is 1.72. The van der Waals surface area contributed by atoms with E-state index in [0.29, 0.717) is 0 Å². The van der Waals surface area contributed by atoms with Crippen molar-refractivity contribution in [3.8, 4) is 22.3 Å². The smallest absolute Gasteiger partial charge is 0.000764 e. The maximum atomic E-state index is 3.51. The summed E-state index contributed by atoms with van der Waals surface area (Å²) in [6.45, 7) is 0. The summed E-state index contributed by atoms with van der Waals surface area (Å²) in [5.41, 5.74) is 4.95. The van der Waals surface area contributed by atoms with Gasteiger partial charge in [-0.05, 0) is 45.2 Å². The molecule has 3 aromatic carbocycles. The van der Waals surface area contributed by atoms with E-state index in [4.69, 9.17) is 0 Å². The van der Waals surface area contributed by atoms with Gasteiger partial charge in [0.25, 0.3) is 0 Å². The quantitative estimate of drug-likeness (QED) is 0.398. The van der Waals surface area contributed by atoms with Gasteiger partial charge in [0.1, 0.15) is 0 Å². The van der Waals surface area contributed by atoms with Gasteiger partial charge >= 0.3 is 0 Å². The Morgan fingerprint density at radius 3 is 2.38 bits per heavy atom. The number of hydrogen-bond acceptors (Lipinski definition) is 0. The van der Waals surface area contributed by atoms with Crippen LogP contribution >= 0.6 is 0 Å². The van der Waals surface area contributed by atoms with Crippen LogP contribution < -0.4 is 0 Å². The molecule has 16 heavy (non-hydrogen) atoms. The van der Waals surface area contributed by atoms with Crippen molar-refractivity contribution < 1.29 is 0 Å². The lowest BCUT2D eigenvalue weighted by Gasteiger charge is -2.05. The fourth-order valence-electron chi connectivity index (χ4n) is 2.44. The second-order valence-electron chi connectivity index (χ2n) is 4.22. The number of rotatable bonds is 0. The van der Waals surface area contributed by atoms with E-state index in [-0.39, 0.29) is 0 Å². The normalized spacial score (nSPS) is 11.8. The maximum absolute atomic E-state index is 3.51. The molecule has 2 aliphatic rings. The maximum Gasteiger partial charge on any atom is -0.000764 e. The Balaban J connectivity index is 2.30. The van der Waals surface area contributed by atoms with Crippen molar-refractivity contribution >= 4 is 10.8 Å². The Bertz CT molecular complexity index is 691. The highest BCUT2D eigenvalue weighted by molar-refractivity contribution is 6.01. The van der Waals surface area contributed by atoms with Crippen LogP contribution in [0.15, 0.2) is 54.6 Å². The first kappa shape index (κ1) is 8.12. The predicted molar refractivity (Wildman–Crippen MR) is 67.2 cm³/mol. The third kappa shape index (κ3) is 0.938. The van der Waals surface area contributed by atoms with Gasteiger partial charge in [-0.1, -0.05) is 48.5 Å². The van der Waals surface area contributed by atoms with Crippen molar-refractivity contribution in [2.45, 2.75) is 0 Å². The second kappa shape index (κ2) is 2.73. The van der Waals surface area contributed by atoms with Gasteiger partial charge in [0.15, 0.2) is 0 Å². The average molecular weight is 201 g/mol. The Morgan fingerprint density at radius 2 is 1.50 bits per heavy atom. The Kier molecular flexibility index (Phi) is 1.39. The van der Waals surface area contributed by atoms with Crippen LogP contribution in [0.3, 0.4) is 0 Å². The summed E-state index contributed by atoms with van der Waals surface area (Å²) in [4.78, 5) is 0. The topological polar surface area (TPSA) is 0 Å². The lowest BCUT2D eigenvalue weighted by atomic mass is 9.98. The van der Waals surface area contributed by atoms with E-state index in [1.807, 2.05) is 0 Å². The first-order valence-corrected chi connectivity index (χ1v) is 5.48. The summed E-state index contributed by atoms with van der Waals surface area (Å²) in [6, 6.07) is 23.0. The molecule has 0 spiro atoms. The third-order valence-corrected chi connectivity index (χ3v) is 3.27. The molecule has 0 saturated heterocycles. The molecule has 0 aromatic heterocycles. The number of fused-ring (bicyclic) bond motifs is 3. The van der Waals surface area contributed by atoms with Gasteiger partial charge in [-0.15, -0.1) is 0 Å². The molecule has 73 valence electrons. The molecule has 3 aromatic rings. The van der Waals surface area contributed by atoms with E-state index in [0.717, 1.165) is 0 Å². The van der Waals surface area contributed by atoms with Crippen molar-refractivity contribution in [3.05, 3.63) is 60.7 Å². The van der Waals surface area contributed by atoms with Crippen molar-refractivity contribution in [2.75, 3.05) is 0 Å². The summed E-state index contributed by atoms with van der Waals surface area (Å²) in [5, 5.41) is 2.59. The fraction of sp³-hybridized carbons (Fsp3) is 0. The molecule has 1 radical (unpaired) electrons. The lowest BCUT2D eigenvalue weighted by Crippen LogP contribution is -1.79. The SMILES string of the molecule is [c]1c2cc3ccccc3c1-c1ccc-2cc1. The van der Waals surface area contributed by atoms with Crippen LogP contribution in [0.2, 0.25) is 0 Å². The van der Waals surface area contributed by atoms with Gasteiger partial charge in [-0.2, -0.15) is 0 Å². The van der Waals surface area contributed by atoms with Gasteiger partial charge in [0.2, 0.25) is 0 Å². The zero-order chi connectivity index (χ0) is 10.5. The molecule has 5 rings (SSSR count). The molecule has 0 amide bonds. The van der Waals surface area contributed by atoms with E-state index in [2.05, 4.69) is 60.7 Å². The van der Waals surface area contributed by atoms with E-state index in [1.165, 1.54) is 33.0 Å². The van der Waals surface area contributed by atoms with Crippen molar-refractivity contribution in [1.29, 1.82) is 0 Å². The minimum absolute atomic E-state index is 1.20. The Morgan fingerprint density at radius 1 is 0.750 bits per heavy atom. The molecular formula is C16H9. The minimum atomic E-state index is 1.20. The van der Waals surface area contributed by atoms with E-state index in [1.54, 1.807) is 0 Å². The molecule has 0 nitrogen and oxygen atoms in total. The van der Waals surface area contributed by atoms with Crippen LogP contribution in [-0.2, 0) is 0 Å². The molecule has 0 heteroatoms. The first-order valence-electron chi connectivity index (χ1n) is 5.48. The van der Waals surface area contributed by atoms with E-state index >= 15 is 0 Å². The van der Waals surface area contributed by atoms with Gasteiger partial charge in [-0.3, -0.25) is 0 Å². The highest BCUT2D eigenvalue weighted by atomic mass is 14.1. The van der Waals surface area contributed by atoms with Crippen LogP contribution in [-0.4, -0.2) is 0 Å². The molecular weight excluding hydrogens is 192 g/mol. The van der Waals surface area contributed by atoms with Gasteiger partial charge in [0.05, 0.1) is 0 Å². The van der Waals surface area contributed by atoms with Crippen molar-refractivity contribution in [3.63, 3.8) is 0 Å². The predicted octanol–water partition coefficient (Wildman–Crippen LogP) is 4.29. The van der Waals surface area contributed by atoms with Crippen LogP contribution in [0.5, 0.6) is 0 Å². The van der Waals surface area contributed by atoms with E-state index < -0.39 is 0 Å². The second-order valence-corrected chi connectivity index (χ2v) is 4.22. The van der Waals surface area contributed by atoms with Crippen LogP contribution in [0.25, 0.3) is 33.0 Å². The van der Waals surface area contributed by atoms with E-state index in [9.17, 15) is 0 Å². The summed E-state index contributed by atoms with van der Waals surface area (Å²) in [6.07, 6.45) is 0. The van der Waals surface area contributed by atoms with Crippen molar-refractivity contribution in [1.82, 2.24) is 0 Å². The Hall–Kier alpha value is -2.08.